The number of aliphatic carboxylic acids is 1. The number of carboxylic acid groups (broad SMARTS) is 1. The summed E-state index contributed by atoms with van der Waals surface area (Å²) in [6.07, 6.45) is 8.23. The summed E-state index contributed by atoms with van der Waals surface area (Å²) in [5.74, 6) is -1.37. The maximum absolute atomic E-state index is 12.0. The molecule has 2 N–H and O–H groups in total. The highest BCUT2D eigenvalue weighted by atomic mass is 16.4. The highest BCUT2D eigenvalue weighted by molar-refractivity contribution is 5.94. The fourth-order valence-electron chi connectivity index (χ4n) is 1.54. The van der Waals surface area contributed by atoms with Crippen LogP contribution in [0.5, 0.6) is 0 Å². The van der Waals surface area contributed by atoms with E-state index in [1.165, 1.54) is 24.8 Å². The largest absolute Gasteiger partial charge is 0.478 e. The fraction of sp³-hybridized carbons (Fsp3) is 0.0714. The van der Waals surface area contributed by atoms with Crippen molar-refractivity contribution in [1.82, 2.24) is 20.3 Å². The molecule has 2 aromatic heterocycles. The lowest BCUT2D eigenvalue weighted by Crippen LogP contribution is -2.23. The average molecular weight is 284 g/mol. The number of rotatable bonds is 5. The van der Waals surface area contributed by atoms with Crippen molar-refractivity contribution in [2.75, 3.05) is 0 Å². The smallest absolute Gasteiger partial charge is 0.328 e. The van der Waals surface area contributed by atoms with Crippen molar-refractivity contribution in [3.05, 3.63) is 59.9 Å². The normalized spacial score (nSPS) is 10.5. The first-order valence-corrected chi connectivity index (χ1v) is 6.04. The Morgan fingerprint density at radius 3 is 2.86 bits per heavy atom. The summed E-state index contributed by atoms with van der Waals surface area (Å²) in [5.41, 5.74) is 1.57. The summed E-state index contributed by atoms with van der Waals surface area (Å²) in [7, 11) is 0. The zero-order valence-electron chi connectivity index (χ0n) is 10.9. The molecule has 0 saturated carbocycles. The second-order valence-corrected chi connectivity index (χ2v) is 4.06. The summed E-state index contributed by atoms with van der Waals surface area (Å²) in [4.78, 5) is 34.1. The van der Waals surface area contributed by atoms with Crippen LogP contribution in [0.1, 0.15) is 21.6 Å². The van der Waals surface area contributed by atoms with Crippen LogP contribution in [0.2, 0.25) is 0 Å². The number of carbonyl (C=O) groups excluding carboxylic acids is 1. The third-order valence-corrected chi connectivity index (χ3v) is 2.51. The molecule has 0 spiro atoms. The van der Waals surface area contributed by atoms with Crippen molar-refractivity contribution in [3.8, 4) is 0 Å². The second-order valence-electron chi connectivity index (χ2n) is 4.06. The summed E-state index contributed by atoms with van der Waals surface area (Å²) in [6.45, 7) is 0.274. The van der Waals surface area contributed by atoms with Crippen molar-refractivity contribution in [2.24, 2.45) is 0 Å². The molecule has 7 nitrogen and oxygen atoms in total. The molecule has 21 heavy (non-hydrogen) atoms. The van der Waals surface area contributed by atoms with Gasteiger partial charge >= 0.3 is 5.97 Å². The molecule has 2 heterocycles. The standard InChI is InChI=1S/C14H12N4O3/c19-13(20)2-1-10-5-11(7-16-6-10)14(21)17-8-12-3-4-15-9-18-12/h1-7,9H,8H2,(H,17,21)(H,19,20)/b2-1+. The Hall–Kier alpha value is -3.09. The Morgan fingerprint density at radius 1 is 1.29 bits per heavy atom. The van der Waals surface area contributed by atoms with E-state index in [1.54, 1.807) is 18.3 Å². The van der Waals surface area contributed by atoms with E-state index in [0.717, 1.165) is 6.08 Å². The number of carbonyl (C=O) groups is 2. The molecule has 0 bridgehead atoms. The molecule has 0 fully saturated rings. The summed E-state index contributed by atoms with van der Waals surface area (Å²) in [5, 5.41) is 11.3. The third kappa shape index (κ3) is 4.50. The van der Waals surface area contributed by atoms with Crippen LogP contribution in [0.3, 0.4) is 0 Å². The molecule has 0 unspecified atom stereocenters. The van der Waals surface area contributed by atoms with Crippen LogP contribution in [0.25, 0.3) is 6.08 Å². The van der Waals surface area contributed by atoms with Gasteiger partial charge in [0, 0.05) is 24.7 Å². The number of nitrogens with one attached hydrogen (secondary N) is 1. The van der Waals surface area contributed by atoms with Crippen LogP contribution in [-0.2, 0) is 11.3 Å². The van der Waals surface area contributed by atoms with Crippen LogP contribution in [0.4, 0.5) is 0 Å². The van der Waals surface area contributed by atoms with Crippen molar-refractivity contribution >= 4 is 18.0 Å². The monoisotopic (exact) mass is 284 g/mol. The summed E-state index contributed by atoms with van der Waals surface area (Å²) < 4.78 is 0. The first-order valence-electron chi connectivity index (χ1n) is 6.04. The molecule has 0 radical (unpaired) electrons. The van der Waals surface area contributed by atoms with Gasteiger partial charge in [0.25, 0.3) is 5.91 Å². The van der Waals surface area contributed by atoms with E-state index >= 15 is 0 Å². The van der Waals surface area contributed by atoms with Crippen molar-refractivity contribution in [2.45, 2.75) is 6.54 Å². The summed E-state index contributed by atoms with van der Waals surface area (Å²) >= 11 is 0. The number of amides is 1. The van der Waals surface area contributed by atoms with Gasteiger partial charge in [0.1, 0.15) is 6.33 Å². The molecule has 0 aliphatic rings. The van der Waals surface area contributed by atoms with Crippen LogP contribution in [-0.4, -0.2) is 31.9 Å². The Kier molecular flexibility index (Phi) is 4.70. The molecule has 0 aliphatic carbocycles. The Morgan fingerprint density at radius 2 is 2.14 bits per heavy atom. The average Bonchev–Trinajstić information content (AvgIpc) is 2.52. The molecule has 0 atom stereocenters. The second kappa shape index (κ2) is 6.90. The van der Waals surface area contributed by atoms with Crippen molar-refractivity contribution < 1.29 is 14.7 Å². The predicted octanol–water partition coefficient (Wildman–Crippen LogP) is 0.899. The molecule has 2 rings (SSSR count). The lowest BCUT2D eigenvalue weighted by molar-refractivity contribution is -0.131. The van der Waals surface area contributed by atoms with E-state index in [4.69, 9.17) is 5.11 Å². The minimum atomic E-state index is -1.06. The Labute approximate surface area is 120 Å². The molecule has 2 aromatic rings. The van der Waals surface area contributed by atoms with Gasteiger partial charge in [-0.1, -0.05) is 0 Å². The maximum atomic E-state index is 12.0. The first kappa shape index (κ1) is 14.3. The lowest BCUT2D eigenvalue weighted by Gasteiger charge is -2.04. The van der Waals surface area contributed by atoms with Crippen LogP contribution < -0.4 is 5.32 Å². The van der Waals surface area contributed by atoms with E-state index in [2.05, 4.69) is 20.3 Å². The Bertz CT molecular complexity index is 671. The van der Waals surface area contributed by atoms with Gasteiger partial charge < -0.3 is 10.4 Å². The predicted molar refractivity (Wildman–Crippen MR) is 74.1 cm³/mol. The van der Waals surface area contributed by atoms with E-state index < -0.39 is 5.97 Å². The highest BCUT2D eigenvalue weighted by Gasteiger charge is 2.06. The Balaban J connectivity index is 2.02. The number of pyridine rings is 1. The number of hydrogen-bond donors (Lipinski definition) is 2. The molecule has 0 aliphatic heterocycles. The SMILES string of the molecule is O=C(O)/C=C/c1cncc(C(=O)NCc2ccncn2)c1. The van der Waals surface area contributed by atoms with E-state index in [-0.39, 0.29) is 12.5 Å². The van der Waals surface area contributed by atoms with Crippen LogP contribution in [0.15, 0.2) is 43.1 Å². The first-order chi connectivity index (χ1) is 10.1. The number of aromatic nitrogens is 3. The van der Waals surface area contributed by atoms with Crippen LogP contribution in [0, 0.1) is 0 Å². The number of nitrogens with zero attached hydrogens (tertiary/aromatic N) is 3. The number of carboxylic acids is 1. The van der Waals surface area contributed by atoms with Gasteiger partial charge in [0.05, 0.1) is 17.8 Å². The molecule has 7 heteroatoms. The highest BCUT2D eigenvalue weighted by Crippen LogP contribution is 2.05. The van der Waals surface area contributed by atoms with Gasteiger partial charge in [0.15, 0.2) is 0 Å². The van der Waals surface area contributed by atoms with E-state index in [1.807, 2.05) is 0 Å². The fourth-order valence-corrected chi connectivity index (χ4v) is 1.54. The molecule has 0 aromatic carbocycles. The summed E-state index contributed by atoms with van der Waals surface area (Å²) in [6, 6.07) is 3.26. The minimum Gasteiger partial charge on any atom is -0.478 e. The van der Waals surface area contributed by atoms with Crippen molar-refractivity contribution in [3.63, 3.8) is 0 Å². The maximum Gasteiger partial charge on any atom is 0.328 e. The molecule has 106 valence electrons. The van der Waals surface area contributed by atoms with Crippen LogP contribution >= 0.6 is 0 Å². The molecule has 1 amide bonds. The van der Waals surface area contributed by atoms with Gasteiger partial charge in [-0.3, -0.25) is 9.78 Å². The van der Waals surface area contributed by atoms with Gasteiger partial charge in [-0.15, -0.1) is 0 Å². The zero-order chi connectivity index (χ0) is 15.1. The number of hydrogen-bond acceptors (Lipinski definition) is 5. The minimum absolute atomic E-state index is 0.274. The van der Waals surface area contributed by atoms with Gasteiger partial charge in [-0.05, 0) is 23.8 Å². The van der Waals surface area contributed by atoms with E-state index in [0.29, 0.717) is 16.8 Å². The van der Waals surface area contributed by atoms with E-state index in [9.17, 15) is 9.59 Å². The quantitative estimate of drug-likeness (QED) is 0.790. The lowest BCUT2D eigenvalue weighted by atomic mass is 10.2. The van der Waals surface area contributed by atoms with Gasteiger partial charge in [-0.2, -0.15) is 0 Å². The molecular weight excluding hydrogens is 272 g/mol. The third-order valence-electron chi connectivity index (χ3n) is 2.51. The van der Waals surface area contributed by atoms with Gasteiger partial charge in [0.2, 0.25) is 0 Å². The van der Waals surface area contributed by atoms with Crippen molar-refractivity contribution in [1.29, 1.82) is 0 Å². The molecule has 0 saturated heterocycles. The zero-order valence-corrected chi connectivity index (χ0v) is 10.9. The van der Waals surface area contributed by atoms with Gasteiger partial charge in [-0.25, -0.2) is 14.8 Å². The molecular formula is C14H12N4O3. The topological polar surface area (TPSA) is 105 Å².